The van der Waals surface area contributed by atoms with Crippen LogP contribution in [0.2, 0.25) is 0 Å². The van der Waals surface area contributed by atoms with Gasteiger partial charge in [-0.15, -0.1) is 0 Å². The minimum Gasteiger partial charge on any atom is -0.356 e. The maximum absolute atomic E-state index is 11.8. The molecular weight excluding hydrogens is 328 g/mol. The van der Waals surface area contributed by atoms with Crippen molar-refractivity contribution in [2.24, 2.45) is 5.14 Å². The van der Waals surface area contributed by atoms with Crippen LogP contribution in [-0.2, 0) is 27.8 Å². The van der Waals surface area contributed by atoms with Crippen LogP contribution in [0, 0.1) is 0 Å². The number of hydrogen-bond acceptors (Lipinski definition) is 4. The van der Waals surface area contributed by atoms with Crippen LogP contribution in [0.4, 0.5) is 0 Å². The van der Waals surface area contributed by atoms with Crippen molar-refractivity contribution >= 4 is 27.0 Å². The van der Waals surface area contributed by atoms with Gasteiger partial charge >= 0.3 is 0 Å². The Morgan fingerprint density at radius 2 is 2.04 bits per heavy atom. The maximum Gasteiger partial charge on any atom is 0.238 e. The zero-order valence-corrected chi connectivity index (χ0v) is 14.9. The first-order chi connectivity index (χ1) is 11.4. The van der Waals surface area contributed by atoms with Gasteiger partial charge in [-0.25, -0.2) is 18.5 Å². The minimum absolute atomic E-state index is 0.00261. The van der Waals surface area contributed by atoms with Gasteiger partial charge < -0.3 is 9.88 Å². The van der Waals surface area contributed by atoms with E-state index >= 15 is 0 Å². The Bertz CT molecular complexity index is 827. The van der Waals surface area contributed by atoms with Crippen molar-refractivity contribution in [1.29, 1.82) is 0 Å². The van der Waals surface area contributed by atoms with E-state index in [1.807, 2.05) is 11.5 Å². The first kappa shape index (κ1) is 18.4. The number of amides is 1. The third kappa shape index (κ3) is 4.33. The van der Waals surface area contributed by atoms with E-state index in [9.17, 15) is 13.2 Å². The number of aryl methyl sites for hydroxylation is 2. The van der Waals surface area contributed by atoms with Crippen LogP contribution in [0.15, 0.2) is 23.1 Å². The third-order valence-corrected chi connectivity index (χ3v) is 4.63. The minimum atomic E-state index is -3.76. The van der Waals surface area contributed by atoms with Gasteiger partial charge in [-0.1, -0.05) is 13.8 Å². The molecule has 0 atom stereocenters. The molecule has 8 heteroatoms. The number of nitrogens with zero attached hydrogens (tertiary/aromatic N) is 2. The van der Waals surface area contributed by atoms with Gasteiger partial charge in [0.15, 0.2) is 0 Å². The summed E-state index contributed by atoms with van der Waals surface area (Å²) in [6, 6.07) is 4.69. The summed E-state index contributed by atoms with van der Waals surface area (Å²) in [6.07, 6.45) is 2.68. The summed E-state index contributed by atoms with van der Waals surface area (Å²) in [4.78, 5) is 16.4. The van der Waals surface area contributed by atoms with Crippen molar-refractivity contribution in [3.63, 3.8) is 0 Å². The van der Waals surface area contributed by atoms with Crippen LogP contribution in [-0.4, -0.2) is 30.4 Å². The summed E-state index contributed by atoms with van der Waals surface area (Å²) in [7, 11) is -3.76. The molecule has 0 spiro atoms. The van der Waals surface area contributed by atoms with Crippen molar-refractivity contribution in [1.82, 2.24) is 14.9 Å². The summed E-state index contributed by atoms with van der Waals surface area (Å²) in [5, 5.41) is 8.03. The molecule has 0 saturated heterocycles. The molecule has 1 aromatic carbocycles. The van der Waals surface area contributed by atoms with E-state index in [1.165, 1.54) is 12.1 Å². The van der Waals surface area contributed by atoms with Crippen molar-refractivity contribution in [3.05, 3.63) is 24.0 Å². The van der Waals surface area contributed by atoms with Crippen molar-refractivity contribution in [2.45, 2.75) is 51.0 Å². The molecule has 0 radical (unpaired) electrons. The lowest BCUT2D eigenvalue weighted by atomic mass is 10.2. The van der Waals surface area contributed by atoms with Gasteiger partial charge in [-0.05, 0) is 31.0 Å². The number of primary sulfonamides is 1. The maximum atomic E-state index is 11.8. The van der Waals surface area contributed by atoms with Gasteiger partial charge in [0, 0.05) is 25.9 Å². The molecular formula is C16H24N4O3S. The van der Waals surface area contributed by atoms with Gasteiger partial charge in [0.25, 0.3) is 0 Å². The fourth-order valence-corrected chi connectivity index (χ4v) is 3.11. The Morgan fingerprint density at radius 3 is 2.67 bits per heavy atom. The Labute approximate surface area is 142 Å². The average Bonchev–Trinajstić information content (AvgIpc) is 2.87. The number of nitrogens with one attached hydrogen (secondary N) is 1. The fourth-order valence-electron chi connectivity index (χ4n) is 2.58. The molecule has 1 heterocycles. The van der Waals surface area contributed by atoms with E-state index < -0.39 is 10.0 Å². The lowest BCUT2D eigenvalue weighted by molar-refractivity contribution is -0.121. The van der Waals surface area contributed by atoms with Crippen molar-refractivity contribution in [3.8, 4) is 0 Å². The van der Waals surface area contributed by atoms with E-state index in [0.717, 1.165) is 30.7 Å². The fraction of sp³-hybridized carbons (Fsp3) is 0.500. The molecule has 0 bridgehead atoms. The van der Waals surface area contributed by atoms with Crippen molar-refractivity contribution < 1.29 is 13.2 Å². The number of fused-ring (bicyclic) bond motifs is 1. The number of hydrogen-bond donors (Lipinski definition) is 2. The molecule has 0 aliphatic rings. The normalized spacial score (nSPS) is 11.8. The van der Waals surface area contributed by atoms with Gasteiger partial charge in [0.2, 0.25) is 15.9 Å². The van der Waals surface area contributed by atoms with Crippen molar-refractivity contribution in [2.75, 3.05) is 6.54 Å². The summed E-state index contributed by atoms with van der Waals surface area (Å²) >= 11 is 0. The van der Waals surface area contributed by atoms with Gasteiger partial charge in [-0.2, -0.15) is 0 Å². The van der Waals surface area contributed by atoms with E-state index in [1.54, 1.807) is 6.07 Å². The zero-order valence-electron chi connectivity index (χ0n) is 14.1. The summed E-state index contributed by atoms with van der Waals surface area (Å²) in [5.74, 6) is 0.780. The Morgan fingerprint density at radius 1 is 1.29 bits per heavy atom. The molecule has 2 rings (SSSR count). The Hall–Kier alpha value is -1.93. The quantitative estimate of drug-likeness (QED) is 0.751. The first-order valence-corrected chi connectivity index (χ1v) is 9.70. The molecule has 0 fully saturated rings. The third-order valence-electron chi connectivity index (χ3n) is 3.72. The second-order valence-corrected chi connectivity index (χ2v) is 7.29. The summed E-state index contributed by atoms with van der Waals surface area (Å²) in [6.45, 7) is 5.49. The number of sulfonamides is 1. The number of rotatable bonds is 8. The highest BCUT2D eigenvalue weighted by atomic mass is 32.2. The molecule has 0 saturated carbocycles. The smallest absolute Gasteiger partial charge is 0.238 e. The molecule has 0 aliphatic heterocycles. The molecule has 24 heavy (non-hydrogen) atoms. The predicted octanol–water partition coefficient (Wildman–Crippen LogP) is 1.55. The van der Waals surface area contributed by atoms with Crippen LogP contribution >= 0.6 is 0 Å². The summed E-state index contributed by atoms with van der Waals surface area (Å²) < 4.78 is 25.0. The first-order valence-electron chi connectivity index (χ1n) is 8.15. The van der Waals surface area contributed by atoms with Gasteiger partial charge in [0.05, 0.1) is 15.9 Å². The van der Waals surface area contributed by atoms with Crippen LogP contribution < -0.4 is 10.5 Å². The molecule has 0 unspecified atom stereocenters. The lowest BCUT2D eigenvalue weighted by Gasteiger charge is -2.08. The van der Waals surface area contributed by atoms with Crippen LogP contribution in [0.5, 0.6) is 0 Å². The van der Waals surface area contributed by atoms with E-state index in [2.05, 4.69) is 17.2 Å². The average molecular weight is 352 g/mol. The standard InChI is InChI=1S/C16H24N4O3S/c1-3-9-18-16(21)8-7-15-19-13-11-12(24(17,22)23)5-6-14(13)20(15)10-4-2/h5-6,11H,3-4,7-10H2,1-2H3,(H,18,21)(H2,17,22,23). The number of carbonyl (C=O) groups is 1. The topological polar surface area (TPSA) is 107 Å². The summed E-state index contributed by atoms with van der Waals surface area (Å²) in [5.41, 5.74) is 1.44. The molecule has 1 aromatic heterocycles. The van der Waals surface area contributed by atoms with Gasteiger partial charge in [-0.3, -0.25) is 4.79 Å². The zero-order chi connectivity index (χ0) is 17.7. The molecule has 7 nitrogen and oxygen atoms in total. The Balaban J connectivity index is 2.31. The van der Waals surface area contributed by atoms with E-state index in [0.29, 0.717) is 24.9 Å². The highest BCUT2D eigenvalue weighted by Crippen LogP contribution is 2.21. The molecule has 0 aliphatic carbocycles. The largest absolute Gasteiger partial charge is 0.356 e. The highest BCUT2D eigenvalue weighted by Gasteiger charge is 2.15. The molecule has 132 valence electrons. The van der Waals surface area contributed by atoms with E-state index in [-0.39, 0.29) is 10.8 Å². The predicted molar refractivity (Wildman–Crippen MR) is 93.0 cm³/mol. The molecule has 2 aromatic rings. The SMILES string of the molecule is CCCNC(=O)CCc1nc2cc(S(N)(=O)=O)ccc2n1CCC. The van der Waals surface area contributed by atoms with Crippen LogP contribution in [0.25, 0.3) is 11.0 Å². The van der Waals surface area contributed by atoms with E-state index in [4.69, 9.17) is 5.14 Å². The number of benzene rings is 1. The highest BCUT2D eigenvalue weighted by molar-refractivity contribution is 7.89. The number of aromatic nitrogens is 2. The molecule has 1 amide bonds. The number of carbonyl (C=O) groups excluding carboxylic acids is 1. The van der Waals surface area contributed by atoms with Crippen LogP contribution in [0.1, 0.15) is 38.9 Å². The lowest BCUT2D eigenvalue weighted by Crippen LogP contribution is -2.24. The molecule has 3 N–H and O–H groups in total. The van der Waals surface area contributed by atoms with Crippen LogP contribution in [0.3, 0.4) is 0 Å². The Kier molecular flexibility index (Phi) is 5.95. The number of imidazole rings is 1. The monoisotopic (exact) mass is 352 g/mol. The second kappa shape index (κ2) is 7.76. The number of nitrogens with two attached hydrogens (primary N) is 1. The second-order valence-electron chi connectivity index (χ2n) is 5.73. The van der Waals surface area contributed by atoms with Gasteiger partial charge in [0.1, 0.15) is 5.82 Å².